The maximum atomic E-state index is 10.1. The molecule has 0 saturated carbocycles. The Morgan fingerprint density at radius 3 is 3.10 bits per heavy atom. The molecule has 1 N–H and O–H groups in total. The first-order valence-electron chi connectivity index (χ1n) is 7.04. The van der Waals surface area contributed by atoms with Crippen LogP contribution < -0.4 is 0 Å². The van der Waals surface area contributed by atoms with E-state index in [0.717, 1.165) is 25.1 Å². The van der Waals surface area contributed by atoms with Gasteiger partial charge in [-0.2, -0.15) is 0 Å². The fourth-order valence-electron chi connectivity index (χ4n) is 3.51. The summed E-state index contributed by atoms with van der Waals surface area (Å²) in [4.78, 5) is 7.65. The molecule has 3 heterocycles. The van der Waals surface area contributed by atoms with E-state index in [1.165, 1.54) is 16.7 Å². The topological polar surface area (TPSA) is 35.9 Å². The molecule has 1 unspecified atom stereocenters. The third-order valence-corrected chi connectivity index (χ3v) is 4.47. The highest BCUT2D eigenvalue weighted by Gasteiger charge is 2.39. The first kappa shape index (κ1) is 12.0. The highest BCUT2D eigenvalue weighted by atomic mass is 16.7. The molecule has 0 aromatic rings. The van der Waals surface area contributed by atoms with Crippen molar-refractivity contribution in [1.29, 1.82) is 0 Å². The molecular formula is C16H18N2O2. The summed E-state index contributed by atoms with van der Waals surface area (Å²) in [6.45, 7) is 0.865. The number of aliphatic hydroxyl groups excluding tert-OH is 1. The molecule has 2 atom stereocenters. The molecule has 0 amide bonds. The first-order chi connectivity index (χ1) is 9.78. The largest absolute Gasteiger partial charge is 0.368 e. The lowest BCUT2D eigenvalue weighted by molar-refractivity contribution is -0.168. The summed E-state index contributed by atoms with van der Waals surface area (Å²) >= 11 is 0. The highest BCUT2D eigenvalue weighted by molar-refractivity contribution is 5.49. The van der Waals surface area contributed by atoms with E-state index in [-0.39, 0.29) is 0 Å². The molecule has 4 aliphatic rings. The molecule has 104 valence electrons. The number of hydrogen-bond donors (Lipinski definition) is 1. The van der Waals surface area contributed by atoms with Gasteiger partial charge in [0.15, 0.2) is 6.23 Å². The fourth-order valence-corrected chi connectivity index (χ4v) is 3.51. The monoisotopic (exact) mass is 270 g/mol. The lowest BCUT2D eigenvalue weighted by atomic mass is 9.84. The van der Waals surface area contributed by atoms with Crippen molar-refractivity contribution in [3.05, 3.63) is 59.0 Å². The maximum absolute atomic E-state index is 10.1. The molecule has 1 aliphatic carbocycles. The Bertz CT molecular complexity index is 598. The van der Waals surface area contributed by atoms with E-state index in [2.05, 4.69) is 35.4 Å². The summed E-state index contributed by atoms with van der Waals surface area (Å²) < 4.78 is 0. The van der Waals surface area contributed by atoms with Crippen molar-refractivity contribution in [2.24, 2.45) is 0 Å². The minimum atomic E-state index is -0.674. The molecule has 0 fully saturated rings. The number of allylic oxidation sites excluding steroid dienone is 4. The van der Waals surface area contributed by atoms with Crippen LogP contribution in [-0.2, 0) is 4.84 Å². The van der Waals surface area contributed by atoms with Crippen molar-refractivity contribution in [2.45, 2.75) is 25.1 Å². The first-order valence-corrected chi connectivity index (χ1v) is 7.04. The van der Waals surface area contributed by atoms with E-state index in [1.807, 2.05) is 6.08 Å². The lowest BCUT2D eigenvalue weighted by Gasteiger charge is -2.41. The standard InChI is InChI=1S/C16H18N2O2/c1-20-18-14-6-7-17-10-12-5-3-2-4-11(12)8-15(17)13(14)9-16(18)19/h2-4,6,9-10,15-16,19H,5,7-8H2,1H3/t15?,16-/m0/s1. The number of rotatable bonds is 1. The van der Waals surface area contributed by atoms with Gasteiger partial charge in [-0.15, -0.1) is 0 Å². The van der Waals surface area contributed by atoms with Crippen molar-refractivity contribution in [1.82, 2.24) is 9.96 Å². The Hall–Kier alpha value is -1.78. The number of hydrogen-bond acceptors (Lipinski definition) is 4. The molecule has 0 saturated heterocycles. The summed E-state index contributed by atoms with van der Waals surface area (Å²) in [6.07, 6.45) is 14.2. The van der Waals surface area contributed by atoms with E-state index in [1.54, 1.807) is 12.2 Å². The zero-order chi connectivity index (χ0) is 13.7. The zero-order valence-electron chi connectivity index (χ0n) is 11.5. The van der Waals surface area contributed by atoms with E-state index in [0.29, 0.717) is 6.04 Å². The van der Waals surface area contributed by atoms with Gasteiger partial charge >= 0.3 is 0 Å². The molecule has 0 aromatic carbocycles. The Labute approximate surface area is 118 Å². The van der Waals surface area contributed by atoms with Crippen LogP contribution in [0.15, 0.2) is 59.0 Å². The van der Waals surface area contributed by atoms with E-state index >= 15 is 0 Å². The van der Waals surface area contributed by atoms with Crippen LogP contribution in [0.1, 0.15) is 12.8 Å². The maximum Gasteiger partial charge on any atom is 0.171 e. The smallest absolute Gasteiger partial charge is 0.171 e. The molecule has 3 aliphatic heterocycles. The van der Waals surface area contributed by atoms with E-state index in [4.69, 9.17) is 4.84 Å². The molecular weight excluding hydrogens is 252 g/mol. The summed E-state index contributed by atoms with van der Waals surface area (Å²) in [5.41, 5.74) is 5.03. The lowest BCUT2D eigenvalue weighted by Crippen LogP contribution is -2.41. The van der Waals surface area contributed by atoms with Crippen LogP contribution in [0.25, 0.3) is 0 Å². The van der Waals surface area contributed by atoms with Gasteiger partial charge in [0, 0.05) is 18.3 Å². The van der Waals surface area contributed by atoms with Crippen LogP contribution in [0, 0.1) is 0 Å². The quantitative estimate of drug-likeness (QED) is 0.789. The number of aliphatic hydroxyl groups is 1. The van der Waals surface area contributed by atoms with Gasteiger partial charge in [0.25, 0.3) is 0 Å². The van der Waals surface area contributed by atoms with Crippen molar-refractivity contribution in [3.63, 3.8) is 0 Å². The van der Waals surface area contributed by atoms with Crippen molar-refractivity contribution in [3.8, 4) is 0 Å². The van der Waals surface area contributed by atoms with Crippen molar-refractivity contribution < 1.29 is 9.94 Å². The van der Waals surface area contributed by atoms with Crippen LogP contribution in [0.3, 0.4) is 0 Å². The number of nitrogens with zero attached hydrogens (tertiary/aromatic N) is 2. The van der Waals surface area contributed by atoms with E-state index in [9.17, 15) is 5.11 Å². The molecule has 0 spiro atoms. The van der Waals surface area contributed by atoms with Crippen LogP contribution >= 0.6 is 0 Å². The van der Waals surface area contributed by atoms with Crippen LogP contribution in [-0.4, -0.2) is 41.0 Å². The van der Waals surface area contributed by atoms with E-state index < -0.39 is 6.23 Å². The molecule has 0 bridgehead atoms. The summed E-state index contributed by atoms with van der Waals surface area (Å²) in [5, 5.41) is 11.7. The highest BCUT2D eigenvalue weighted by Crippen LogP contribution is 2.41. The molecule has 4 nitrogen and oxygen atoms in total. The van der Waals surface area contributed by atoms with Crippen molar-refractivity contribution >= 4 is 0 Å². The van der Waals surface area contributed by atoms with Gasteiger partial charge in [0.1, 0.15) is 0 Å². The fraction of sp³-hybridized carbons (Fsp3) is 0.375. The van der Waals surface area contributed by atoms with Gasteiger partial charge in [-0.3, -0.25) is 4.84 Å². The Morgan fingerprint density at radius 1 is 1.35 bits per heavy atom. The average molecular weight is 270 g/mol. The van der Waals surface area contributed by atoms with Gasteiger partial charge in [0.2, 0.25) is 0 Å². The van der Waals surface area contributed by atoms with Gasteiger partial charge < -0.3 is 10.0 Å². The van der Waals surface area contributed by atoms with Crippen LogP contribution in [0.5, 0.6) is 0 Å². The summed E-state index contributed by atoms with van der Waals surface area (Å²) in [6, 6.07) is 0.311. The predicted octanol–water partition coefficient (Wildman–Crippen LogP) is 1.85. The Morgan fingerprint density at radius 2 is 2.25 bits per heavy atom. The Kier molecular flexibility index (Phi) is 2.62. The van der Waals surface area contributed by atoms with Gasteiger partial charge in [-0.05, 0) is 36.1 Å². The predicted molar refractivity (Wildman–Crippen MR) is 76.1 cm³/mol. The van der Waals surface area contributed by atoms with Gasteiger partial charge in [-0.25, -0.2) is 5.06 Å². The minimum Gasteiger partial charge on any atom is -0.368 e. The third-order valence-electron chi connectivity index (χ3n) is 4.47. The average Bonchev–Trinajstić information content (AvgIpc) is 2.81. The summed E-state index contributed by atoms with van der Waals surface area (Å²) in [7, 11) is 1.60. The molecule has 20 heavy (non-hydrogen) atoms. The second-order valence-corrected chi connectivity index (χ2v) is 5.53. The molecule has 0 aromatic heterocycles. The van der Waals surface area contributed by atoms with Crippen molar-refractivity contribution in [2.75, 3.05) is 13.7 Å². The Balaban J connectivity index is 1.72. The SMILES string of the molecule is CON1C2=CCN3C=C4CC=CC=C4CC3C2=C[C@@H]1O. The normalized spacial score (nSPS) is 30.9. The minimum absolute atomic E-state index is 0.311. The zero-order valence-corrected chi connectivity index (χ0v) is 11.5. The number of fused-ring (bicyclic) bond motifs is 4. The van der Waals surface area contributed by atoms with Crippen LogP contribution in [0.2, 0.25) is 0 Å². The number of hydroxylamine groups is 2. The second kappa shape index (κ2) is 4.36. The summed E-state index contributed by atoms with van der Waals surface area (Å²) in [5.74, 6) is 0. The third kappa shape index (κ3) is 1.62. The second-order valence-electron chi connectivity index (χ2n) is 5.53. The van der Waals surface area contributed by atoms with Crippen LogP contribution in [0.4, 0.5) is 0 Å². The molecule has 4 heteroatoms. The van der Waals surface area contributed by atoms with Gasteiger partial charge in [-0.1, -0.05) is 18.2 Å². The molecule has 4 rings (SSSR count). The van der Waals surface area contributed by atoms with Gasteiger partial charge in [0.05, 0.1) is 18.8 Å². The molecule has 0 radical (unpaired) electrons.